The highest BCUT2D eigenvalue weighted by molar-refractivity contribution is 7.88. The molecule has 0 radical (unpaired) electrons. The van der Waals surface area contributed by atoms with Crippen LogP contribution >= 0.6 is 0 Å². The van der Waals surface area contributed by atoms with Crippen molar-refractivity contribution in [2.45, 2.75) is 38.5 Å². The fraction of sp³-hybridized carbons (Fsp3) is 0.444. The van der Waals surface area contributed by atoms with Gasteiger partial charge in [-0.1, -0.05) is 12.1 Å². The number of rotatable bonds is 5. The number of aromatic nitrogens is 2. The van der Waals surface area contributed by atoms with Crippen molar-refractivity contribution in [1.29, 1.82) is 0 Å². The maximum Gasteiger partial charge on any atom is 0.218 e. The molecule has 0 spiro atoms. The Balaban J connectivity index is 1.69. The van der Waals surface area contributed by atoms with E-state index in [1.165, 1.54) is 22.5 Å². The smallest absolute Gasteiger partial charge is 0.218 e. The van der Waals surface area contributed by atoms with Crippen LogP contribution in [0, 0.1) is 19.7 Å². The van der Waals surface area contributed by atoms with Crippen molar-refractivity contribution in [3.8, 4) is 5.88 Å². The van der Waals surface area contributed by atoms with Crippen molar-refractivity contribution in [3.63, 3.8) is 0 Å². The zero-order valence-corrected chi connectivity index (χ0v) is 15.7. The first kappa shape index (κ1) is 18.7. The molecule has 26 heavy (non-hydrogen) atoms. The van der Waals surface area contributed by atoms with E-state index in [-0.39, 0.29) is 18.4 Å². The zero-order valence-electron chi connectivity index (χ0n) is 14.9. The van der Waals surface area contributed by atoms with Crippen molar-refractivity contribution >= 4 is 10.0 Å². The van der Waals surface area contributed by atoms with Gasteiger partial charge in [-0.05, 0) is 44.4 Å². The van der Waals surface area contributed by atoms with Crippen molar-refractivity contribution in [1.82, 2.24) is 14.3 Å². The van der Waals surface area contributed by atoms with Gasteiger partial charge >= 0.3 is 0 Å². The topological polar surface area (TPSA) is 72.4 Å². The van der Waals surface area contributed by atoms with Crippen LogP contribution < -0.4 is 4.74 Å². The van der Waals surface area contributed by atoms with Crippen LogP contribution in [0.2, 0.25) is 0 Å². The van der Waals surface area contributed by atoms with Gasteiger partial charge in [-0.2, -0.15) is 9.29 Å². The molecule has 6 nitrogen and oxygen atoms in total. The maximum absolute atomic E-state index is 13.3. The Morgan fingerprint density at radius 3 is 2.81 bits per heavy atom. The average Bonchev–Trinajstić information content (AvgIpc) is 2.53. The van der Waals surface area contributed by atoms with Crippen molar-refractivity contribution in [2.75, 3.05) is 13.1 Å². The minimum atomic E-state index is -3.54. The first-order chi connectivity index (χ1) is 12.3. The zero-order chi connectivity index (χ0) is 18.7. The van der Waals surface area contributed by atoms with Crippen LogP contribution in [0.3, 0.4) is 0 Å². The number of nitrogens with zero attached hydrogens (tertiary/aromatic N) is 3. The second-order valence-corrected chi connectivity index (χ2v) is 8.49. The molecule has 8 heteroatoms. The SMILES string of the molecule is Cc1cc(O[C@H]2CCCN(S(=O)(=O)Cc3cccc(F)c3)C2)nc(C)n1. The highest BCUT2D eigenvalue weighted by atomic mass is 32.2. The lowest BCUT2D eigenvalue weighted by Gasteiger charge is -2.32. The maximum atomic E-state index is 13.3. The van der Waals surface area contributed by atoms with Gasteiger partial charge in [0, 0.05) is 18.3 Å². The molecule has 2 heterocycles. The number of hydrogen-bond donors (Lipinski definition) is 0. The predicted molar refractivity (Wildman–Crippen MR) is 95.8 cm³/mol. The highest BCUT2D eigenvalue weighted by Gasteiger charge is 2.30. The lowest BCUT2D eigenvalue weighted by molar-refractivity contribution is 0.124. The number of sulfonamides is 1. The average molecular weight is 379 g/mol. The minimum absolute atomic E-state index is 0.219. The second-order valence-electron chi connectivity index (χ2n) is 6.52. The Morgan fingerprint density at radius 2 is 2.08 bits per heavy atom. The molecule has 1 aromatic carbocycles. The molecule has 0 aliphatic carbocycles. The highest BCUT2D eigenvalue weighted by Crippen LogP contribution is 2.21. The molecule has 140 valence electrons. The molecule has 0 unspecified atom stereocenters. The number of ether oxygens (including phenoxy) is 1. The van der Waals surface area contributed by atoms with Crippen LogP contribution in [-0.4, -0.2) is 41.9 Å². The van der Waals surface area contributed by atoms with E-state index < -0.39 is 15.8 Å². The molecule has 3 rings (SSSR count). The summed E-state index contributed by atoms with van der Waals surface area (Å²) in [6.45, 7) is 4.35. The van der Waals surface area contributed by atoms with Gasteiger partial charge in [-0.15, -0.1) is 0 Å². The van der Waals surface area contributed by atoms with Gasteiger partial charge in [-0.25, -0.2) is 17.8 Å². The quantitative estimate of drug-likeness (QED) is 0.798. The summed E-state index contributed by atoms with van der Waals surface area (Å²) in [5.41, 5.74) is 1.24. The van der Waals surface area contributed by atoms with Crippen molar-refractivity contribution in [3.05, 3.63) is 53.2 Å². The Kier molecular flexibility index (Phi) is 5.52. The molecule has 1 aliphatic rings. The minimum Gasteiger partial charge on any atom is -0.473 e. The first-order valence-corrected chi connectivity index (χ1v) is 10.1. The lowest BCUT2D eigenvalue weighted by atomic mass is 10.1. The molecule has 2 aromatic rings. The molecular formula is C18H22FN3O3S. The van der Waals surface area contributed by atoms with E-state index >= 15 is 0 Å². The molecular weight excluding hydrogens is 357 g/mol. The van der Waals surface area contributed by atoms with Crippen LogP contribution in [0.5, 0.6) is 5.88 Å². The van der Waals surface area contributed by atoms with Crippen LogP contribution in [0.4, 0.5) is 4.39 Å². The van der Waals surface area contributed by atoms with E-state index in [4.69, 9.17) is 4.74 Å². The van der Waals surface area contributed by atoms with Crippen LogP contribution in [0.1, 0.15) is 29.9 Å². The summed E-state index contributed by atoms with van der Waals surface area (Å²) >= 11 is 0. The summed E-state index contributed by atoms with van der Waals surface area (Å²) in [6.07, 6.45) is 1.20. The third kappa shape index (κ3) is 4.76. The molecule has 1 saturated heterocycles. The summed E-state index contributed by atoms with van der Waals surface area (Å²) in [6, 6.07) is 7.43. The lowest BCUT2D eigenvalue weighted by Crippen LogP contribution is -2.44. The van der Waals surface area contributed by atoms with Gasteiger partial charge < -0.3 is 4.74 Å². The Hall–Kier alpha value is -2.06. The van der Waals surface area contributed by atoms with E-state index in [2.05, 4.69) is 9.97 Å². The van der Waals surface area contributed by atoms with Gasteiger partial charge in [-0.3, -0.25) is 0 Å². The van der Waals surface area contributed by atoms with Gasteiger partial charge in [0.2, 0.25) is 15.9 Å². The number of hydrogen-bond acceptors (Lipinski definition) is 5. The van der Waals surface area contributed by atoms with E-state index in [0.29, 0.717) is 30.2 Å². The molecule has 0 amide bonds. The molecule has 1 fully saturated rings. The summed E-state index contributed by atoms with van der Waals surface area (Å²) in [5, 5.41) is 0. The van der Waals surface area contributed by atoms with Crippen molar-refractivity contribution < 1.29 is 17.5 Å². The van der Waals surface area contributed by atoms with Gasteiger partial charge in [0.15, 0.2) is 0 Å². The van der Waals surface area contributed by atoms with Crippen LogP contribution in [0.25, 0.3) is 0 Å². The molecule has 1 atom stereocenters. The summed E-state index contributed by atoms with van der Waals surface area (Å²) in [5.74, 6) is 0.422. The number of piperidine rings is 1. The Bertz CT molecular complexity index is 869. The fourth-order valence-corrected chi connectivity index (χ4v) is 4.68. The largest absolute Gasteiger partial charge is 0.473 e. The number of aryl methyl sites for hydroxylation is 2. The summed E-state index contributed by atoms with van der Waals surface area (Å²) in [4.78, 5) is 8.46. The van der Waals surface area contributed by atoms with Crippen LogP contribution in [0.15, 0.2) is 30.3 Å². The third-order valence-corrected chi connectivity index (χ3v) is 6.02. The molecule has 0 bridgehead atoms. The first-order valence-electron chi connectivity index (χ1n) is 8.53. The fourth-order valence-electron chi connectivity index (χ4n) is 3.10. The molecule has 1 aliphatic heterocycles. The van der Waals surface area contributed by atoms with Crippen molar-refractivity contribution in [2.24, 2.45) is 0 Å². The van der Waals surface area contributed by atoms with Crippen LogP contribution in [-0.2, 0) is 15.8 Å². The van der Waals surface area contributed by atoms with Gasteiger partial charge in [0.1, 0.15) is 17.7 Å². The van der Waals surface area contributed by atoms with E-state index in [1.54, 1.807) is 19.1 Å². The number of halogens is 1. The third-order valence-electron chi connectivity index (χ3n) is 4.20. The monoisotopic (exact) mass is 379 g/mol. The van der Waals surface area contributed by atoms with E-state index in [9.17, 15) is 12.8 Å². The van der Waals surface area contributed by atoms with Gasteiger partial charge in [0.05, 0.1) is 12.3 Å². The summed E-state index contributed by atoms with van der Waals surface area (Å²) < 4.78 is 46.0. The number of benzene rings is 1. The van der Waals surface area contributed by atoms with Gasteiger partial charge in [0.25, 0.3) is 0 Å². The summed E-state index contributed by atoms with van der Waals surface area (Å²) in [7, 11) is -3.54. The molecule has 1 aromatic heterocycles. The standard InChI is InChI=1S/C18H22FN3O3S/c1-13-9-18(21-14(2)20-13)25-17-7-4-8-22(11-17)26(23,24)12-15-5-3-6-16(19)10-15/h3,5-6,9-10,17H,4,7-8,11-12H2,1-2H3/t17-/m0/s1. The molecule has 0 N–H and O–H groups in total. The van der Waals surface area contributed by atoms with E-state index in [1.807, 2.05) is 6.92 Å². The Morgan fingerprint density at radius 1 is 1.27 bits per heavy atom. The molecule has 0 saturated carbocycles. The van der Waals surface area contributed by atoms with E-state index in [0.717, 1.165) is 12.1 Å². The second kappa shape index (κ2) is 7.67. The normalized spacial score (nSPS) is 18.7. The Labute approximate surface area is 153 Å². The predicted octanol–water partition coefficient (Wildman–Crippen LogP) is 2.61.